The molecule has 6 heteroatoms. The van der Waals surface area contributed by atoms with Gasteiger partial charge < -0.3 is 5.73 Å². The lowest BCUT2D eigenvalue weighted by molar-refractivity contribution is 0.414. The number of hydrogen-bond donors (Lipinski definition) is 2. The van der Waals surface area contributed by atoms with E-state index in [1.54, 1.807) is 12.1 Å². The second-order valence-corrected chi connectivity index (χ2v) is 7.35. The first kappa shape index (κ1) is 15.5. The van der Waals surface area contributed by atoms with Crippen molar-refractivity contribution in [2.24, 2.45) is 11.8 Å². The number of nitrogens with one attached hydrogen (secondary N) is 1. The number of halogens is 1. The van der Waals surface area contributed by atoms with Gasteiger partial charge in [-0.3, -0.25) is 0 Å². The summed E-state index contributed by atoms with van der Waals surface area (Å²) in [6, 6.07) is 4.66. The molecule has 1 aromatic carbocycles. The normalized spacial score (nSPS) is 13.8. The Balaban J connectivity index is 2.87. The van der Waals surface area contributed by atoms with Crippen molar-refractivity contribution in [1.29, 1.82) is 0 Å². The summed E-state index contributed by atoms with van der Waals surface area (Å²) in [7, 11) is -3.49. The summed E-state index contributed by atoms with van der Waals surface area (Å²) in [5.41, 5.74) is 6.11. The maximum Gasteiger partial charge on any atom is 0.241 e. The highest BCUT2D eigenvalue weighted by molar-refractivity contribution is 9.10. The smallest absolute Gasteiger partial charge is 0.241 e. The second kappa shape index (κ2) is 6.04. The van der Waals surface area contributed by atoms with Crippen molar-refractivity contribution < 1.29 is 8.42 Å². The zero-order valence-corrected chi connectivity index (χ0v) is 13.2. The van der Waals surface area contributed by atoms with Crippen LogP contribution in [0.3, 0.4) is 0 Å². The maximum atomic E-state index is 12.1. The molecule has 0 fully saturated rings. The number of hydrogen-bond acceptors (Lipinski definition) is 3. The lowest BCUT2D eigenvalue weighted by Gasteiger charge is -2.16. The van der Waals surface area contributed by atoms with E-state index in [2.05, 4.69) is 34.5 Å². The molecule has 4 nitrogen and oxygen atoms in total. The van der Waals surface area contributed by atoms with Crippen molar-refractivity contribution in [3.05, 3.63) is 22.7 Å². The quantitative estimate of drug-likeness (QED) is 0.813. The van der Waals surface area contributed by atoms with Crippen molar-refractivity contribution in [1.82, 2.24) is 4.72 Å². The molecule has 0 amide bonds. The summed E-state index contributed by atoms with van der Waals surface area (Å²) in [4.78, 5) is 0.215. The largest absolute Gasteiger partial charge is 0.399 e. The van der Waals surface area contributed by atoms with Gasteiger partial charge in [-0.25, -0.2) is 13.1 Å². The Morgan fingerprint density at radius 1 is 1.33 bits per heavy atom. The topological polar surface area (TPSA) is 72.2 Å². The van der Waals surface area contributed by atoms with Gasteiger partial charge in [0.1, 0.15) is 0 Å². The predicted molar refractivity (Wildman–Crippen MR) is 77.7 cm³/mol. The Labute approximate surface area is 117 Å². The standard InChI is InChI=1S/C12H19BrN2O2S/c1-8(2)9(3)7-15-18(16,17)12-5-4-10(14)6-11(12)13/h4-6,8-9,15H,7,14H2,1-3H3. The molecule has 0 saturated heterocycles. The highest BCUT2D eigenvalue weighted by Gasteiger charge is 2.19. The predicted octanol–water partition coefficient (Wildman–Crippen LogP) is 2.60. The third-order valence-electron chi connectivity index (χ3n) is 2.98. The molecule has 102 valence electrons. The lowest BCUT2D eigenvalue weighted by atomic mass is 9.99. The number of rotatable bonds is 5. The van der Waals surface area contributed by atoms with E-state index in [1.807, 2.05) is 6.92 Å². The third-order valence-corrected chi connectivity index (χ3v) is 5.38. The number of benzene rings is 1. The Morgan fingerprint density at radius 2 is 1.94 bits per heavy atom. The van der Waals surface area contributed by atoms with E-state index in [9.17, 15) is 8.42 Å². The van der Waals surface area contributed by atoms with Crippen LogP contribution in [0.1, 0.15) is 20.8 Å². The molecular formula is C12H19BrN2O2S. The molecule has 0 bridgehead atoms. The Kier molecular flexibility index (Phi) is 5.19. The molecule has 1 unspecified atom stereocenters. The molecule has 0 spiro atoms. The Bertz CT molecular complexity index is 515. The fourth-order valence-corrected chi connectivity index (χ4v) is 3.53. The first-order valence-corrected chi connectivity index (χ1v) is 8.06. The van der Waals surface area contributed by atoms with E-state index in [0.717, 1.165) is 0 Å². The number of nitrogen functional groups attached to an aromatic ring is 1. The Hall–Kier alpha value is -0.590. The molecule has 18 heavy (non-hydrogen) atoms. The van der Waals surface area contributed by atoms with Gasteiger partial charge in [-0.1, -0.05) is 20.8 Å². The van der Waals surface area contributed by atoms with Gasteiger partial charge in [-0.15, -0.1) is 0 Å². The van der Waals surface area contributed by atoms with Crippen molar-refractivity contribution in [2.75, 3.05) is 12.3 Å². The minimum absolute atomic E-state index is 0.215. The number of anilines is 1. The lowest BCUT2D eigenvalue weighted by Crippen LogP contribution is -2.30. The van der Waals surface area contributed by atoms with E-state index in [4.69, 9.17) is 5.73 Å². The monoisotopic (exact) mass is 334 g/mol. The minimum Gasteiger partial charge on any atom is -0.399 e. The van der Waals surface area contributed by atoms with Crippen LogP contribution in [0.2, 0.25) is 0 Å². The van der Waals surface area contributed by atoms with Gasteiger partial charge >= 0.3 is 0 Å². The van der Waals surface area contributed by atoms with Gasteiger partial charge in [0.15, 0.2) is 0 Å². The van der Waals surface area contributed by atoms with Crippen LogP contribution in [-0.4, -0.2) is 15.0 Å². The highest BCUT2D eigenvalue weighted by Crippen LogP contribution is 2.24. The molecule has 1 rings (SSSR count). The van der Waals surface area contributed by atoms with Crippen molar-refractivity contribution >= 4 is 31.6 Å². The third kappa shape index (κ3) is 3.96. The van der Waals surface area contributed by atoms with E-state index >= 15 is 0 Å². The van der Waals surface area contributed by atoms with Crippen LogP contribution >= 0.6 is 15.9 Å². The molecule has 0 heterocycles. The van der Waals surface area contributed by atoms with Crippen LogP contribution in [0, 0.1) is 11.8 Å². The number of nitrogens with two attached hydrogens (primary N) is 1. The van der Waals surface area contributed by atoms with Gasteiger partial charge in [0.2, 0.25) is 10.0 Å². The van der Waals surface area contributed by atoms with E-state index in [0.29, 0.717) is 22.6 Å². The van der Waals surface area contributed by atoms with Crippen molar-refractivity contribution in [3.8, 4) is 0 Å². The molecule has 0 aliphatic rings. The summed E-state index contributed by atoms with van der Waals surface area (Å²) < 4.78 is 27.3. The molecule has 0 aromatic heterocycles. The first-order valence-electron chi connectivity index (χ1n) is 5.78. The molecule has 0 aliphatic carbocycles. The van der Waals surface area contributed by atoms with E-state index in [1.165, 1.54) is 6.07 Å². The molecule has 0 radical (unpaired) electrons. The molecular weight excluding hydrogens is 316 g/mol. The average molecular weight is 335 g/mol. The van der Waals surface area contributed by atoms with Crippen LogP contribution in [0.4, 0.5) is 5.69 Å². The van der Waals surface area contributed by atoms with Gasteiger partial charge in [0, 0.05) is 16.7 Å². The maximum absolute atomic E-state index is 12.1. The second-order valence-electron chi connectivity index (χ2n) is 4.76. The Morgan fingerprint density at radius 3 is 2.44 bits per heavy atom. The molecule has 3 N–H and O–H groups in total. The fourth-order valence-electron chi connectivity index (χ4n) is 1.29. The van der Waals surface area contributed by atoms with Crippen LogP contribution in [-0.2, 0) is 10.0 Å². The van der Waals surface area contributed by atoms with Gasteiger partial charge in [0.05, 0.1) is 4.90 Å². The van der Waals surface area contributed by atoms with Crippen molar-refractivity contribution in [3.63, 3.8) is 0 Å². The summed E-state index contributed by atoms with van der Waals surface area (Å²) in [6.07, 6.45) is 0. The van der Waals surface area contributed by atoms with E-state index in [-0.39, 0.29) is 10.8 Å². The fraction of sp³-hybridized carbons (Fsp3) is 0.500. The molecule has 1 aromatic rings. The number of sulfonamides is 1. The van der Waals surface area contributed by atoms with E-state index < -0.39 is 10.0 Å². The molecule has 1 atom stereocenters. The summed E-state index contributed by atoms with van der Waals surface area (Å²) in [6.45, 7) is 6.58. The average Bonchev–Trinajstić information content (AvgIpc) is 2.25. The van der Waals surface area contributed by atoms with Crippen LogP contribution < -0.4 is 10.5 Å². The van der Waals surface area contributed by atoms with Gasteiger partial charge in [0.25, 0.3) is 0 Å². The zero-order valence-electron chi connectivity index (χ0n) is 10.8. The molecule has 0 saturated carbocycles. The van der Waals surface area contributed by atoms with Crippen LogP contribution in [0.15, 0.2) is 27.6 Å². The highest BCUT2D eigenvalue weighted by atomic mass is 79.9. The minimum atomic E-state index is -3.49. The first-order chi connectivity index (χ1) is 8.24. The summed E-state index contributed by atoms with van der Waals surface area (Å²) in [5, 5.41) is 0. The summed E-state index contributed by atoms with van der Waals surface area (Å²) in [5.74, 6) is 0.717. The van der Waals surface area contributed by atoms with Gasteiger partial charge in [-0.2, -0.15) is 0 Å². The van der Waals surface area contributed by atoms with Crippen LogP contribution in [0.5, 0.6) is 0 Å². The summed E-state index contributed by atoms with van der Waals surface area (Å²) >= 11 is 3.22. The SMILES string of the molecule is CC(C)C(C)CNS(=O)(=O)c1ccc(N)cc1Br. The zero-order chi connectivity index (χ0) is 13.9. The van der Waals surface area contributed by atoms with Gasteiger partial charge in [-0.05, 0) is 46.0 Å². The molecule has 0 aliphatic heterocycles. The van der Waals surface area contributed by atoms with Crippen molar-refractivity contribution in [2.45, 2.75) is 25.7 Å². The van der Waals surface area contributed by atoms with Crippen LogP contribution in [0.25, 0.3) is 0 Å².